The molecule has 0 bridgehead atoms. The predicted octanol–water partition coefficient (Wildman–Crippen LogP) is 3.88. The fraction of sp³-hybridized carbons (Fsp3) is 0.278. The molecule has 0 saturated heterocycles. The van der Waals surface area contributed by atoms with Crippen LogP contribution in [0.3, 0.4) is 0 Å². The molecular formula is C18H15F5N2O2. The third kappa shape index (κ3) is 4.36. The van der Waals surface area contributed by atoms with Crippen LogP contribution >= 0.6 is 0 Å². The predicted molar refractivity (Wildman–Crippen MR) is 85.9 cm³/mol. The van der Waals surface area contributed by atoms with E-state index >= 15 is 0 Å². The first-order chi connectivity index (χ1) is 12.6. The van der Waals surface area contributed by atoms with Crippen molar-refractivity contribution >= 4 is 5.91 Å². The summed E-state index contributed by atoms with van der Waals surface area (Å²) in [5.41, 5.74) is 3.53. The summed E-state index contributed by atoms with van der Waals surface area (Å²) in [6.45, 7) is -0.349. The van der Waals surface area contributed by atoms with Crippen molar-refractivity contribution in [1.29, 1.82) is 0 Å². The number of carbonyl (C=O) groups is 1. The molecule has 2 aromatic carbocycles. The minimum Gasteiger partial charge on any atom is -0.457 e. The molecule has 0 aliphatic heterocycles. The Hall–Kier alpha value is -2.68. The summed E-state index contributed by atoms with van der Waals surface area (Å²) in [6.07, 6.45) is -3.72. The molecule has 0 aromatic heterocycles. The zero-order valence-corrected chi connectivity index (χ0v) is 13.9. The van der Waals surface area contributed by atoms with Gasteiger partial charge in [0.15, 0.2) is 11.6 Å². The van der Waals surface area contributed by atoms with Gasteiger partial charge in [0.2, 0.25) is 5.91 Å². The topological polar surface area (TPSA) is 64.4 Å². The van der Waals surface area contributed by atoms with Crippen LogP contribution in [0.4, 0.5) is 22.0 Å². The highest BCUT2D eigenvalue weighted by molar-refractivity contribution is 5.88. The maximum atomic E-state index is 13.4. The van der Waals surface area contributed by atoms with E-state index in [1.54, 1.807) is 0 Å². The molecule has 4 nitrogen and oxygen atoms in total. The number of rotatable bonds is 5. The number of alkyl halides is 3. The lowest BCUT2D eigenvalue weighted by Crippen LogP contribution is -2.42. The third-order valence-corrected chi connectivity index (χ3v) is 4.19. The molecule has 9 heteroatoms. The lowest BCUT2D eigenvalue weighted by molar-refractivity contribution is -0.138. The van der Waals surface area contributed by atoms with E-state index in [4.69, 9.17) is 10.5 Å². The molecule has 2 aromatic rings. The van der Waals surface area contributed by atoms with E-state index in [0.717, 1.165) is 30.3 Å². The van der Waals surface area contributed by atoms with Crippen molar-refractivity contribution in [3.63, 3.8) is 0 Å². The minimum absolute atomic E-state index is 0.151. The lowest BCUT2D eigenvalue weighted by atomic mass is 10.1. The van der Waals surface area contributed by atoms with E-state index in [-0.39, 0.29) is 23.6 Å². The second-order valence-corrected chi connectivity index (χ2v) is 6.33. The summed E-state index contributed by atoms with van der Waals surface area (Å²) >= 11 is 0. The van der Waals surface area contributed by atoms with E-state index in [1.165, 1.54) is 6.07 Å². The van der Waals surface area contributed by atoms with Gasteiger partial charge in [-0.2, -0.15) is 13.2 Å². The summed E-state index contributed by atoms with van der Waals surface area (Å²) in [5.74, 6) is -3.14. The standard InChI is InChI=1S/C18H15F5N2O2/c19-14-4-3-12(8-15(14)20)27-11-2-1-10(13(7-11)18(21,22)23)9-25-16(26)17(24)5-6-17/h1-4,7-8H,5-6,9,24H2,(H,25,26). The molecule has 3 rings (SSSR count). The van der Waals surface area contributed by atoms with Crippen molar-refractivity contribution in [3.05, 3.63) is 59.2 Å². The van der Waals surface area contributed by atoms with E-state index in [1.807, 2.05) is 0 Å². The van der Waals surface area contributed by atoms with Gasteiger partial charge in [-0.3, -0.25) is 4.79 Å². The van der Waals surface area contributed by atoms with Gasteiger partial charge in [0, 0.05) is 12.6 Å². The molecular weight excluding hydrogens is 371 g/mol. The van der Waals surface area contributed by atoms with Gasteiger partial charge in [0.05, 0.1) is 11.1 Å². The van der Waals surface area contributed by atoms with Gasteiger partial charge >= 0.3 is 6.18 Å². The first-order valence-corrected chi connectivity index (χ1v) is 7.99. The highest BCUT2D eigenvalue weighted by Gasteiger charge is 2.46. The van der Waals surface area contributed by atoms with Crippen LogP contribution in [0.1, 0.15) is 24.0 Å². The monoisotopic (exact) mass is 386 g/mol. The van der Waals surface area contributed by atoms with Gasteiger partial charge in [0.25, 0.3) is 0 Å². The van der Waals surface area contributed by atoms with E-state index < -0.39 is 34.8 Å². The molecule has 0 atom stereocenters. The Kier molecular flexibility index (Phi) is 4.81. The quantitative estimate of drug-likeness (QED) is 0.767. The summed E-state index contributed by atoms with van der Waals surface area (Å²) in [5, 5.41) is 2.40. The number of amides is 1. The van der Waals surface area contributed by atoms with Crippen LogP contribution in [-0.4, -0.2) is 11.4 Å². The van der Waals surface area contributed by atoms with Crippen molar-refractivity contribution < 1.29 is 31.5 Å². The fourth-order valence-corrected chi connectivity index (χ4v) is 2.43. The molecule has 3 N–H and O–H groups in total. The second kappa shape index (κ2) is 6.80. The average Bonchev–Trinajstić information content (AvgIpc) is 3.35. The van der Waals surface area contributed by atoms with Crippen molar-refractivity contribution in [2.75, 3.05) is 0 Å². The summed E-state index contributed by atoms with van der Waals surface area (Å²) < 4.78 is 71.4. The number of halogens is 5. The molecule has 1 aliphatic rings. The summed E-state index contributed by atoms with van der Waals surface area (Å²) in [6, 6.07) is 5.75. The molecule has 144 valence electrons. The Morgan fingerprint density at radius 2 is 1.70 bits per heavy atom. The maximum absolute atomic E-state index is 13.4. The molecule has 1 fully saturated rings. The van der Waals surface area contributed by atoms with Crippen LogP contribution in [0.5, 0.6) is 11.5 Å². The number of nitrogens with one attached hydrogen (secondary N) is 1. The number of carbonyl (C=O) groups excluding carboxylic acids is 1. The molecule has 0 unspecified atom stereocenters. The van der Waals surface area contributed by atoms with Gasteiger partial charge in [-0.15, -0.1) is 0 Å². The van der Waals surface area contributed by atoms with Crippen molar-refractivity contribution in [2.24, 2.45) is 5.73 Å². The van der Waals surface area contributed by atoms with E-state index in [2.05, 4.69) is 5.32 Å². The Morgan fingerprint density at radius 3 is 2.30 bits per heavy atom. The van der Waals surface area contributed by atoms with E-state index in [0.29, 0.717) is 12.8 Å². The Balaban J connectivity index is 1.80. The molecule has 0 radical (unpaired) electrons. The largest absolute Gasteiger partial charge is 0.457 e. The summed E-state index contributed by atoms with van der Waals surface area (Å²) in [7, 11) is 0. The maximum Gasteiger partial charge on any atom is 0.416 e. The van der Waals surface area contributed by atoms with Crippen LogP contribution in [0, 0.1) is 11.6 Å². The van der Waals surface area contributed by atoms with Crippen LogP contribution in [-0.2, 0) is 17.5 Å². The average molecular weight is 386 g/mol. The minimum atomic E-state index is -4.70. The van der Waals surface area contributed by atoms with Gasteiger partial charge in [0.1, 0.15) is 11.5 Å². The van der Waals surface area contributed by atoms with Crippen molar-refractivity contribution in [3.8, 4) is 11.5 Å². The molecule has 1 aliphatic carbocycles. The highest BCUT2D eigenvalue weighted by atomic mass is 19.4. The molecule has 1 saturated carbocycles. The first-order valence-electron chi connectivity index (χ1n) is 7.99. The zero-order chi connectivity index (χ0) is 19.8. The van der Waals surface area contributed by atoms with Gasteiger partial charge in [-0.05, 0) is 42.7 Å². The number of benzene rings is 2. The Morgan fingerprint density at radius 1 is 1.07 bits per heavy atom. The van der Waals surface area contributed by atoms with Crippen molar-refractivity contribution in [1.82, 2.24) is 5.32 Å². The Labute approximate surface area is 151 Å². The van der Waals surface area contributed by atoms with Crippen LogP contribution in [0.25, 0.3) is 0 Å². The van der Waals surface area contributed by atoms with Crippen LogP contribution in [0.15, 0.2) is 36.4 Å². The van der Waals surface area contributed by atoms with Crippen LogP contribution in [0.2, 0.25) is 0 Å². The highest BCUT2D eigenvalue weighted by Crippen LogP contribution is 2.36. The number of nitrogens with two attached hydrogens (primary N) is 1. The van der Waals surface area contributed by atoms with Gasteiger partial charge in [-0.1, -0.05) is 6.07 Å². The molecule has 27 heavy (non-hydrogen) atoms. The Bertz CT molecular complexity index is 879. The molecule has 1 amide bonds. The third-order valence-electron chi connectivity index (χ3n) is 4.19. The number of hydrogen-bond acceptors (Lipinski definition) is 3. The molecule has 0 heterocycles. The number of ether oxygens (including phenoxy) is 1. The smallest absolute Gasteiger partial charge is 0.416 e. The second-order valence-electron chi connectivity index (χ2n) is 6.33. The molecule has 0 spiro atoms. The first kappa shape index (κ1) is 19.1. The summed E-state index contributed by atoms with van der Waals surface area (Å²) in [4.78, 5) is 11.8. The van der Waals surface area contributed by atoms with Crippen molar-refractivity contribution in [2.45, 2.75) is 31.1 Å². The fourth-order valence-electron chi connectivity index (χ4n) is 2.43. The van der Waals surface area contributed by atoms with Crippen LogP contribution < -0.4 is 15.8 Å². The van der Waals surface area contributed by atoms with Gasteiger partial charge < -0.3 is 15.8 Å². The zero-order valence-electron chi connectivity index (χ0n) is 13.9. The lowest BCUT2D eigenvalue weighted by Gasteiger charge is -2.16. The number of hydrogen-bond donors (Lipinski definition) is 2. The normalized spacial score (nSPS) is 15.3. The van der Waals surface area contributed by atoms with E-state index in [9.17, 15) is 26.7 Å². The van der Waals surface area contributed by atoms with Gasteiger partial charge in [-0.25, -0.2) is 8.78 Å². The SMILES string of the molecule is NC1(C(=O)NCc2ccc(Oc3ccc(F)c(F)c3)cc2C(F)(F)F)CC1.